The average Bonchev–Trinajstić information content (AvgIpc) is 3.11. The summed E-state index contributed by atoms with van der Waals surface area (Å²) in [4.78, 5) is 16.3. The zero-order valence-electron chi connectivity index (χ0n) is 19.6. The van der Waals surface area contributed by atoms with Gasteiger partial charge < -0.3 is 15.3 Å². The number of benzene rings is 1. The Hall–Kier alpha value is -1.72. The first-order chi connectivity index (χ1) is 14.9. The molecular weight excluding hydrogens is 390 g/mol. The second-order valence-corrected chi connectivity index (χ2v) is 8.91. The molecule has 0 spiro atoms. The number of fused-ring (bicyclic) bond motifs is 1. The van der Waals surface area contributed by atoms with Crippen molar-refractivity contribution in [1.82, 2.24) is 0 Å². The molecule has 3 N–H and O–H groups in total. The summed E-state index contributed by atoms with van der Waals surface area (Å²) in [7, 11) is 0. The molecule has 0 saturated heterocycles. The van der Waals surface area contributed by atoms with Crippen LogP contribution in [0.25, 0.3) is 5.57 Å². The molecule has 31 heavy (non-hydrogen) atoms. The molecule has 1 aliphatic heterocycles. The summed E-state index contributed by atoms with van der Waals surface area (Å²) < 4.78 is 0. The first-order valence-electron chi connectivity index (χ1n) is 12.2. The maximum atomic E-state index is 11.4. The Morgan fingerprint density at radius 3 is 2.10 bits per heavy atom. The van der Waals surface area contributed by atoms with E-state index < -0.39 is 23.7 Å². The van der Waals surface area contributed by atoms with Crippen LogP contribution in [0.5, 0.6) is 0 Å². The van der Waals surface area contributed by atoms with Crippen LogP contribution in [0.1, 0.15) is 108 Å². The van der Waals surface area contributed by atoms with Gasteiger partial charge in [-0.2, -0.15) is 0 Å². The number of nitrogens with zero attached hydrogens (tertiary/aromatic N) is 1. The van der Waals surface area contributed by atoms with Crippen LogP contribution in [0.15, 0.2) is 23.2 Å². The Kier molecular flexibility index (Phi) is 10.2. The van der Waals surface area contributed by atoms with Gasteiger partial charge in [0.25, 0.3) is 0 Å². The van der Waals surface area contributed by atoms with E-state index in [1.165, 1.54) is 44.9 Å². The minimum absolute atomic E-state index is 0.178. The standard InChI is InChI=1S/C26H41NO4/c1-4-7-8-9-10-11-12-13-14-17-26(23(29)6-3)24(22(28)5-2)20-16-15-19(25(30)31)18-21(20)27-26/h15-16,18,22-23,28-29H,4-14,17H2,1-3H3,(H,30,31). The Morgan fingerprint density at radius 2 is 1.55 bits per heavy atom. The van der Waals surface area contributed by atoms with E-state index in [2.05, 4.69) is 6.92 Å². The van der Waals surface area contributed by atoms with Crippen LogP contribution < -0.4 is 10.6 Å². The van der Waals surface area contributed by atoms with Gasteiger partial charge in [-0.3, -0.25) is 4.99 Å². The normalized spacial score (nSPS) is 19.7. The van der Waals surface area contributed by atoms with Gasteiger partial charge >= 0.3 is 5.97 Å². The van der Waals surface area contributed by atoms with E-state index >= 15 is 0 Å². The number of rotatable bonds is 15. The van der Waals surface area contributed by atoms with Crippen LogP contribution in [0.2, 0.25) is 0 Å². The van der Waals surface area contributed by atoms with Gasteiger partial charge in [-0.1, -0.05) is 84.6 Å². The van der Waals surface area contributed by atoms with Crippen LogP contribution in [0.3, 0.4) is 0 Å². The van der Waals surface area contributed by atoms with Gasteiger partial charge in [-0.15, -0.1) is 0 Å². The Morgan fingerprint density at radius 1 is 0.935 bits per heavy atom. The van der Waals surface area contributed by atoms with E-state index in [1.807, 2.05) is 13.8 Å². The summed E-state index contributed by atoms with van der Waals surface area (Å²) in [5.74, 6) is -0.997. The largest absolute Gasteiger partial charge is 0.478 e. The van der Waals surface area contributed by atoms with Crippen molar-refractivity contribution in [2.75, 3.05) is 0 Å². The van der Waals surface area contributed by atoms with Gasteiger partial charge in [-0.25, -0.2) is 4.79 Å². The molecule has 1 aliphatic rings. The molecule has 174 valence electrons. The van der Waals surface area contributed by atoms with Crippen molar-refractivity contribution in [3.05, 3.63) is 34.3 Å². The third-order valence-electron chi connectivity index (χ3n) is 6.64. The van der Waals surface area contributed by atoms with E-state index in [9.17, 15) is 20.1 Å². The van der Waals surface area contributed by atoms with Crippen molar-refractivity contribution >= 4 is 11.5 Å². The molecule has 2 rings (SSSR count). The smallest absolute Gasteiger partial charge is 0.335 e. The monoisotopic (exact) mass is 431 g/mol. The quantitative estimate of drug-likeness (QED) is 0.360. The Bertz CT molecular complexity index is 834. The number of carbonyl (C=O) groups is 1. The number of aromatic carboxylic acids is 1. The highest BCUT2D eigenvalue weighted by Gasteiger charge is 2.45. The number of aliphatic hydroxyl groups excluding tert-OH is 2. The van der Waals surface area contributed by atoms with Crippen LogP contribution in [0, 0.1) is 0 Å². The predicted octanol–water partition coefficient (Wildman–Crippen LogP) is 4.37. The second kappa shape index (κ2) is 12.4. The number of carboxylic acid groups (broad SMARTS) is 1. The summed E-state index contributed by atoms with van der Waals surface area (Å²) in [5.41, 5.74) is 0.0682. The lowest BCUT2D eigenvalue weighted by molar-refractivity contribution is 0.0696. The predicted molar refractivity (Wildman–Crippen MR) is 125 cm³/mol. The van der Waals surface area contributed by atoms with Crippen molar-refractivity contribution in [2.45, 2.75) is 116 Å². The van der Waals surface area contributed by atoms with Crippen LogP contribution in [0.4, 0.5) is 0 Å². The highest BCUT2D eigenvalue weighted by atomic mass is 16.4. The Balaban J connectivity index is 2.20. The average molecular weight is 432 g/mol. The molecule has 3 atom stereocenters. The van der Waals surface area contributed by atoms with Crippen molar-refractivity contribution < 1.29 is 20.1 Å². The lowest BCUT2D eigenvalue weighted by Crippen LogP contribution is -2.44. The second-order valence-electron chi connectivity index (χ2n) is 8.91. The molecular formula is C26H41NO4. The summed E-state index contributed by atoms with van der Waals surface area (Å²) in [6.45, 7) is 6.08. The fourth-order valence-electron chi connectivity index (χ4n) is 4.82. The Labute approximate surface area is 186 Å². The maximum Gasteiger partial charge on any atom is 0.335 e. The topological polar surface area (TPSA) is 90.1 Å². The van der Waals surface area contributed by atoms with Gasteiger partial charge in [0.05, 0.1) is 23.1 Å². The molecule has 0 amide bonds. The third kappa shape index (κ3) is 6.17. The van der Waals surface area contributed by atoms with E-state index in [1.54, 1.807) is 18.2 Å². The van der Waals surface area contributed by atoms with Gasteiger partial charge in [0.15, 0.2) is 0 Å². The summed E-state index contributed by atoms with van der Waals surface area (Å²) in [6, 6.07) is 4.88. The molecule has 0 saturated carbocycles. The van der Waals surface area contributed by atoms with Gasteiger partial charge in [0.2, 0.25) is 0 Å². The van der Waals surface area contributed by atoms with Crippen LogP contribution >= 0.6 is 0 Å². The summed E-state index contributed by atoms with van der Waals surface area (Å²) >= 11 is 0. The van der Waals surface area contributed by atoms with Crippen LogP contribution in [-0.2, 0) is 0 Å². The van der Waals surface area contributed by atoms with Gasteiger partial charge in [-0.05, 0) is 37.0 Å². The highest BCUT2D eigenvalue weighted by molar-refractivity contribution is 5.87. The molecule has 0 aliphatic carbocycles. The third-order valence-corrected chi connectivity index (χ3v) is 6.64. The zero-order valence-corrected chi connectivity index (χ0v) is 19.6. The van der Waals surface area contributed by atoms with E-state index in [4.69, 9.17) is 4.99 Å². The molecule has 1 aromatic rings. The first kappa shape index (κ1) is 25.5. The molecule has 1 aromatic carbocycles. The molecule has 0 fully saturated rings. The van der Waals surface area contributed by atoms with Crippen molar-refractivity contribution in [3.8, 4) is 0 Å². The minimum atomic E-state index is -0.997. The molecule has 0 radical (unpaired) electrons. The zero-order chi connectivity index (χ0) is 22.9. The fraction of sp³-hybridized carbons (Fsp3) is 0.692. The number of aliphatic hydroxyl groups is 2. The lowest BCUT2D eigenvalue weighted by Gasteiger charge is -2.36. The molecule has 1 heterocycles. The van der Waals surface area contributed by atoms with E-state index in [-0.39, 0.29) is 5.56 Å². The molecule has 3 unspecified atom stereocenters. The van der Waals surface area contributed by atoms with E-state index in [0.717, 1.165) is 23.6 Å². The number of hydrogen-bond acceptors (Lipinski definition) is 4. The summed E-state index contributed by atoms with van der Waals surface area (Å²) in [6.07, 6.45) is 11.2. The molecule has 5 nitrogen and oxygen atoms in total. The van der Waals surface area contributed by atoms with Crippen molar-refractivity contribution in [1.29, 1.82) is 0 Å². The fourth-order valence-corrected chi connectivity index (χ4v) is 4.82. The lowest BCUT2D eigenvalue weighted by atomic mass is 9.76. The highest BCUT2D eigenvalue weighted by Crippen LogP contribution is 2.38. The molecule has 0 aromatic heterocycles. The number of hydrogen-bond donors (Lipinski definition) is 3. The number of unbranched alkanes of at least 4 members (excludes halogenated alkanes) is 8. The van der Waals surface area contributed by atoms with Gasteiger partial charge in [0, 0.05) is 5.22 Å². The van der Waals surface area contributed by atoms with E-state index in [0.29, 0.717) is 24.6 Å². The number of carboxylic acids is 1. The SMILES string of the molecule is CCCCCCCCCCCC1(C(O)CC)N=c2cc(C(=O)O)ccc2=C1C(O)CC. The van der Waals surface area contributed by atoms with Gasteiger partial charge in [0.1, 0.15) is 5.54 Å². The molecule has 0 bridgehead atoms. The maximum absolute atomic E-state index is 11.4. The van der Waals surface area contributed by atoms with Crippen LogP contribution in [-0.4, -0.2) is 39.0 Å². The van der Waals surface area contributed by atoms with Crippen molar-refractivity contribution in [3.63, 3.8) is 0 Å². The first-order valence-corrected chi connectivity index (χ1v) is 12.2. The van der Waals surface area contributed by atoms with Crippen molar-refractivity contribution in [2.24, 2.45) is 4.99 Å². The summed E-state index contributed by atoms with van der Waals surface area (Å²) in [5, 5.41) is 32.7. The molecule has 5 heteroatoms. The minimum Gasteiger partial charge on any atom is -0.478 e.